The molecule has 0 spiro atoms. The molecule has 4 bridgehead atoms. The van der Waals surface area contributed by atoms with Crippen LogP contribution in [0.5, 0.6) is 0 Å². The largest absolute Gasteiger partial charge is 0.464 e. The van der Waals surface area contributed by atoms with Crippen molar-refractivity contribution in [3.63, 3.8) is 0 Å². The van der Waals surface area contributed by atoms with Crippen LogP contribution in [0.3, 0.4) is 0 Å². The van der Waals surface area contributed by atoms with Gasteiger partial charge in [-0.1, -0.05) is 26.2 Å². The second-order valence-corrected chi connectivity index (χ2v) is 28.9. The summed E-state index contributed by atoms with van der Waals surface area (Å²) in [7, 11) is -7.92. The molecule has 12 N–H and O–H groups in total. The van der Waals surface area contributed by atoms with Gasteiger partial charge in [0.2, 0.25) is 7.44 Å². The van der Waals surface area contributed by atoms with E-state index in [1.807, 2.05) is 6.92 Å². The van der Waals surface area contributed by atoms with Crippen LogP contribution in [0.4, 0.5) is 11.6 Å². The first-order chi connectivity index (χ1) is 38.4. The van der Waals surface area contributed by atoms with Crippen LogP contribution in [0.15, 0.2) is 25.3 Å². The number of imidazole rings is 2. The molecule has 0 radical (unpaired) electrons. The zero-order chi connectivity index (χ0) is 60.7. The number of halogens is 1. The van der Waals surface area contributed by atoms with E-state index in [9.17, 15) is 23.5 Å². The third-order valence-electron chi connectivity index (χ3n) is 14.8. The predicted octanol–water partition coefficient (Wildman–Crippen LogP) is 8.00. The number of nitrogens with zero attached hydrogens (tertiary/aromatic N) is 8. The van der Waals surface area contributed by atoms with Crippen molar-refractivity contribution < 1.29 is 62.1 Å². The normalized spacial score (nSPS) is 20.9. The molecule has 6 fully saturated rings. The molecule has 468 valence electrons. The molecule has 6 saturated carbocycles. The van der Waals surface area contributed by atoms with E-state index in [1.165, 1.54) is 38.2 Å². The minimum atomic E-state index is -4.16. The minimum absolute atomic E-state index is 0. The van der Waals surface area contributed by atoms with Crippen molar-refractivity contribution in [2.75, 3.05) is 50.6 Å². The van der Waals surface area contributed by atoms with Gasteiger partial charge in [-0.05, 0) is 137 Å². The van der Waals surface area contributed by atoms with E-state index >= 15 is 0 Å². The van der Waals surface area contributed by atoms with Crippen LogP contribution in [0.25, 0.3) is 22.3 Å². The fraction of sp³-hybridized carbons (Fsp3) is 0.741. The van der Waals surface area contributed by atoms with Gasteiger partial charge in [0.15, 0.2) is 22.9 Å². The Morgan fingerprint density at radius 1 is 0.699 bits per heavy atom. The third kappa shape index (κ3) is 21.1. The Morgan fingerprint density at radius 2 is 1.13 bits per heavy atom. The summed E-state index contributed by atoms with van der Waals surface area (Å²) in [6, 6.07) is 0. The number of unbranched alkanes of at least 4 members (excludes halogenated alkanes) is 6. The Labute approximate surface area is 493 Å². The summed E-state index contributed by atoms with van der Waals surface area (Å²) in [5.74, 6) is 0.962. The fourth-order valence-corrected chi connectivity index (χ4v) is 13.2. The molecule has 83 heavy (non-hydrogen) atoms. The Kier molecular flexibility index (Phi) is 26.2. The summed E-state index contributed by atoms with van der Waals surface area (Å²) in [5.41, 5.74) is 11.6. The number of fused-ring (bicyclic) bond motifs is 2. The van der Waals surface area contributed by atoms with Crippen LogP contribution in [0.1, 0.15) is 152 Å². The van der Waals surface area contributed by atoms with Gasteiger partial charge < -0.3 is 65.3 Å². The van der Waals surface area contributed by atoms with Gasteiger partial charge in [0, 0.05) is 12.0 Å². The van der Waals surface area contributed by atoms with Crippen LogP contribution in [0.2, 0.25) is 0 Å². The van der Waals surface area contributed by atoms with Crippen LogP contribution >= 0.6 is 26.6 Å². The number of aliphatic hydroxyl groups excluding tert-OH is 1. The van der Waals surface area contributed by atoms with Gasteiger partial charge in [-0.3, -0.25) is 23.5 Å². The molecule has 26 nitrogen and oxygen atoms in total. The number of nitrogens with one attached hydrogen (secondary N) is 2. The Hall–Kier alpha value is -4.59. The van der Waals surface area contributed by atoms with Crippen molar-refractivity contribution in [3.8, 4) is 0 Å². The quantitative estimate of drug-likeness (QED) is 0.00612. The highest BCUT2D eigenvalue weighted by atomic mass is 35.5. The molecule has 3 atom stereocenters. The molecule has 6 aliphatic rings. The van der Waals surface area contributed by atoms with Gasteiger partial charge in [0.25, 0.3) is 0 Å². The van der Waals surface area contributed by atoms with Crippen molar-refractivity contribution in [1.29, 1.82) is 0 Å². The van der Waals surface area contributed by atoms with E-state index in [0.29, 0.717) is 60.7 Å². The first-order valence-corrected chi connectivity index (χ1v) is 32.3. The van der Waals surface area contributed by atoms with E-state index in [2.05, 4.69) is 53.9 Å². The third-order valence-corrected chi connectivity index (χ3v) is 17.8. The molecule has 4 aromatic rings. The second-order valence-electron chi connectivity index (χ2n) is 24.2. The summed E-state index contributed by atoms with van der Waals surface area (Å²) >= 11 is 5.74. The number of rotatable bonds is 30. The minimum Gasteiger partial charge on any atom is -0.464 e. The van der Waals surface area contributed by atoms with E-state index in [4.69, 9.17) is 61.6 Å². The zero-order valence-electron chi connectivity index (χ0n) is 50.0. The molecule has 0 aliphatic heterocycles. The molecule has 0 amide bonds. The number of nitrogens with two attached hydrogens (primary N) is 2. The topological polar surface area (TPSA) is 390 Å². The van der Waals surface area contributed by atoms with Crippen LogP contribution in [0, 0.1) is 29.6 Å². The lowest BCUT2D eigenvalue weighted by Gasteiger charge is -2.61. The van der Waals surface area contributed by atoms with Crippen molar-refractivity contribution in [3.05, 3.63) is 32.2 Å². The molecule has 1 unspecified atom stereocenters. The second kappa shape index (κ2) is 30.7. The lowest BCUT2D eigenvalue weighted by atomic mass is 9.45. The first-order valence-electron chi connectivity index (χ1n) is 28.3. The molecule has 6 aliphatic carbocycles. The predicted molar refractivity (Wildman–Crippen MR) is 317 cm³/mol. The lowest BCUT2D eigenvalue weighted by molar-refractivity contribution is -0.178. The summed E-state index contributed by atoms with van der Waals surface area (Å²) in [6.45, 7) is 21.3. The molecule has 4 heterocycles. The highest BCUT2D eigenvalue weighted by Crippen LogP contribution is 2.65. The summed E-state index contributed by atoms with van der Waals surface area (Å²) in [4.78, 5) is 78.4. The molecule has 10 rings (SSSR count). The summed E-state index contributed by atoms with van der Waals surface area (Å²) in [6.07, 6.45) is 19.1. The highest BCUT2D eigenvalue weighted by Gasteiger charge is 2.58. The Morgan fingerprint density at radius 3 is 1.52 bits per heavy atom. The number of hydrogen-bond donors (Lipinski definition) is 8. The number of carbonyl (C=O) groups excluding carboxylic acids is 3. The fourth-order valence-electron chi connectivity index (χ4n) is 10.0. The van der Waals surface area contributed by atoms with Gasteiger partial charge in [-0.25, -0.2) is 40.1 Å². The maximum absolute atomic E-state index is 14.5. The van der Waals surface area contributed by atoms with E-state index in [1.54, 1.807) is 63.9 Å². The van der Waals surface area contributed by atoms with E-state index < -0.39 is 61.5 Å². The van der Waals surface area contributed by atoms with Crippen LogP contribution < -0.4 is 27.8 Å². The maximum atomic E-state index is 14.5. The lowest BCUT2D eigenvalue weighted by Crippen LogP contribution is -2.57. The number of aromatic nitrogens is 8. The standard InChI is InChI=1S/C29H48N7O6P.C10H18ClO2.C9H14N5O4P.C6H10O.H3N/c1-7-8-9-10-11-40-25(37)27(3,4)34-43(39,35-28(5,6)26(38)41-16-29-12-21(13-29)14-29)19-42-20(2)15-36-18-33-22-23(30)31-17-32-24(22)36;1-4-5-6-7-8-13-9(12)10(2,3)11;1-6(18-5-19(15,16)17)2-14-4-13-7-8(10)11-3-12-9(7)14;7-4-6-1-5(2-6)3-6;/h17-18,20-21H,7-16,19H2,1-6H3,(H2,30,31,32)(H2,34,35,39);1,4-8H2,2-3H3;3-4,6H,2,5H2,1H3,(H2,10,11,12)(H2,15,16,17);5,7H,1-4H2;1H3/q;+1;;;/t20-,21?,29?,43?;;6-;;/m1.1../s1. The number of esters is 3. The van der Waals surface area contributed by atoms with E-state index in [0.717, 1.165) is 82.5 Å². The number of hydrogen-bond acceptors (Lipinski definition) is 20. The first kappa shape index (κ1) is 70.9. The summed E-state index contributed by atoms with van der Waals surface area (Å²) in [5, 5.41) is 14.6. The van der Waals surface area contributed by atoms with Crippen molar-refractivity contribution in [2.24, 2.45) is 22.7 Å². The van der Waals surface area contributed by atoms with Gasteiger partial charge in [-0.15, -0.1) is 11.6 Å². The van der Waals surface area contributed by atoms with Crippen LogP contribution in [-0.2, 0) is 60.3 Å². The molecular weight excluding hydrogens is 1140 g/mol. The van der Waals surface area contributed by atoms with Gasteiger partial charge in [0.1, 0.15) is 52.3 Å². The van der Waals surface area contributed by atoms with Gasteiger partial charge >= 0.3 is 25.5 Å². The molecule has 0 saturated heterocycles. The molecular formula is C54H93ClN13O13P2+. The number of nitrogen functional groups attached to an aromatic ring is 2. The number of ether oxygens (including phenoxy) is 5. The SMILES string of the molecule is CCCCCCOC(=O)C(C)(C)NP(=O)(CO[C@H](C)Cn1cnc2c(N)ncnc21)NC(C)(C)C(=O)OCC12CC(C1)C2.C[C@H](Cn1cnc2c(N)ncnc21)OCP(=O)(O)O.N.OCC12CC(C1)C2.[CH2+]CCCCCOC(=O)C(C)(C)Cl. The van der Waals surface area contributed by atoms with Crippen LogP contribution in [-0.4, -0.2) is 139 Å². The monoisotopic (exact) mass is 1230 g/mol. The number of alkyl halides is 1. The van der Waals surface area contributed by atoms with E-state index in [-0.39, 0.29) is 42.1 Å². The Bertz CT molecular complexity index is 2790. The average molecular weight is 1230 g/mol. The average Bonchev–Trinajstić information content (AvgIpc) is 3.80. The van der Waals surface area contributed by atoms with Crippen molar-refractivity contribution in [1.82, 2.24) is 55.4 Å². The number of anilines is 2. The summed E-state index contributed by atoms with van der Waals surface area (Å²) < 4.78 is 56.0. The van der Waals surface area contributed by atoms with Crippen molar-refractivity contribution in [2.45, 2.75) is 193 Å². The zero-order valence-corrected chi connectivity index (χ0v) is 52.6. The number of aliphatic hydroxyl groups is 1. The smallest absolute Gasteiger partial charge is 0.350 e. The highest BCUT2D eigenvalue weighted by molar-refractivity contribution is 7.59. The number of carbonyl (C=O) groups is 3. The van der Waals surface area contributed by atoms with Gasteiger partial charge in [-0.2, -0.15) is 0 Å². The van der Waals surface area contributed by atoms with Crippen molar-refractivity contribution >= 4 is 78.5 Å². The molecule has 0 aromatic carbocycles. The molecule has 4 aromatic heterocycles. The molecule has 29 heteroatoms. The maximum Gasteiger partial charge on any atom is 0.350 e. The Balaban J connectivity index is 0.000000299. The van der Waals surface area contributed by atoms with Gasteiger partial charge in [0.05, 0.1) is 71.1 Å².